The van der Waals surface area contributed by atoms with Gasteiger partial charge < -0.3 is 20.1 Å². The zero-order valence-electron chi connectivity index (χ0n) is 19.1. The third kappa shape index (κ3) is 5.08. The van der Waals surface area contributed by atoms with E-state index in [4.69, 9.17) is 9.47 Å². The summed E-state index contributed by atoms with van der Waals surface area (Å²) < 4.78 is 39.0. The molecule has 0 atom stereocenters. The number of sulfonamides is 1. The molecule has 3 heterocycles. The first-order valence-electron chi connectivity index (χ1n) is 11.5. The molecule has 10 heteroatoms. The molecule has 1 fully saturated rings. The number of nitrogens with one attached hydrogen (secondary N) is 2. The van der Waals surface area contributed by atoms with E-state index in [1.165, 1.54) is 10.4 Å². The van der Waals surface area contributed by atoms with Crippen molar-refractivity contribution in [3.05, 3.63) is 77.6 Å². The van der Waals surface area contributed by atoms with E-state index in [1.807, 2.05) is 30.3 Å². The molecule has 35 heavy (non-hydrogen) atoms. The number of aromatic nitrogens is 1. The zero-order chi connectivity index (χ0) is 24.3. The number of hydrogen-bond donors (Lipinski definition) is 2. The highest BCUT2D eigenvalue weighted by Crippen LogP contribution is 2.36. The van der Waals surface area contributed by atoms with Crippen LogP contribution in [0.25, 0.3) is 0 Å². The van der Waals surface area contributed by atoms with Crippen molar-refractivity contribution >= 4 is 21.6 Å². The van der Waals surface area contributed by atoms with Crippen molar-refractivity contribution in [2.75, 3.05) is 25.2 Å². The fourth-order valence-corrected chi connectivity index (χ4v) is 5.75. The van der Waals surface area contributed by atoms with Gasteiger partial charge in [0.05, 0.1) is 17.1 Å². The van der Waals surface area contributed by atoms with Gasteiger partial charge in [0.25, 0.3) is 5.91 Å². The van der Waals surface area contributed by atoms with Crippen molar-refractivity contribution < 1.29 is 22.7 Å². The smallest absolute Gasteiger partial charge is 0.251 e. The number of rotatable bonds is 8. The molecule has 0 saturated carbocycles. The maximum atomic E-state index is 13.3. The number of pyridine rings is 1. The molecule has 2 N–H and O–H groups in total. The largest absolute Gasteiger partial charge is 0.454 e. The summed E-state index contributed by atoms with van der Waals surface area (Å²) in [6.45, 7) is 1.73. The molecule has 1 saturated heterocycles. The number of hydrogen-bond acceptors (Lipinski definition) is 7. The van der Waals surface area contributed by atoms with E-state index < -0.39 is 10.0 Å². The van der Waals surface area contributed by atoms with Gasteiger partial charge in [-0.15, -0.1) is 0 Å². The highest BCUT2D eigenvalue weighted by molar-refractivity contribution is 7.89. The summed E-state index contributed by atoms with van der Waals surface area (Å²) in [6.07, 6.45) is 3.31. The van der Waals surface area contributed by atoms with E-state index in [-0.39, 0.29) is 29.7 Å². The predicted octanol–water partition coefficient (Wildman–Crippen LogP) is 3.14. The maximum Gasteiger partial charge on any atom is 0.251 e. The number of ether oxygens (including phenoxy) is 2. The van der Waals surface area contributed by atoms with Crippen molar-refractivity contribution in [2.45, 2.75) is 30.8 Å². The van der Waals surface area contributed by atoms with Gasteiger partial charge in [-0.3, -0.25) is 9.78 Å². The molecule has 0 spiro atoms. The van der Waals surface area contributed by atoms with Crippen molar-refractivity contribution in [3.8, 4) is 11.5 Å². The van der Waals surface area contributed by atoms with E-state index in [0.29, 0.717) is 42.5 Å². The van der Waals surface area contributed by atoms with Crippen LogP contribution in [0.15, 0.2) is 65.7 Å². The fraction of sp³-hybridized carbons (Fsp3) is 0.280. The van der Waals surface area contributed by atoms with Gasteiger partial charge in [-0.25, -0.2) is 8.42 Å². The summed E-state index contributed by atoms with van der Waals surface area (Å²) in [4.78, 5) is 17.3. The van der Waals surface area contributed by atoms with E-state index in [0.717, 1.165) is 18.4 Å². The Morgan fingerprint density at radius 1 is 1.00 bits per heavy atom. The monoisotopic (exact) mass is 494 g/mol. The number of para-hydroxylation sites is 1. The van der Waals surface area contributed by atoms with Crippen LogP contribution in [0.3, 0.4) is 0 Å². The summed E-state index contributed by atoms with van der Waals surface area (Å²) in [7, 11) is -3.72. The number of fused-ring (bicyclic) bond motifs is 1. The average Bonchev–Trinajstić information content (AvgIpc) is 3.59. The first-order chi connectivity index (χ1) is 17.0. The number of nitrogens with zero attached hydrogens (tertiary/aromatic N) is 2. The molecule has 182 valence electrons. The van der Waals surface area contributed by atoms with E-state index in [2.05, 4.69) is 15.6 Å². The number of anilines is 1. The Bertz CT molecular complexity index is 1320. The Labute approximate surface area is 204 Å². The molecular formula is C25H26N4O5S. The molecule has 0 bridgehead atoms. The van der Waals surface area contributed by atoms with E-state index >= 15 is 0 Å². The van der Waals surface area contributed by atoms with Crippen LogP contribution >= 0.6 is 0 Å². The molecule has 9 nitrogen and oxygen atoms in total. The number of carbonyl (C=O) groups excluding carboxylic acids is 1. The van der Waals surface area contributed by atoms with Crippen molar-refractivity contribution in [1.82, 2.24) is 14.6 Å². The fourth-order valence-electron chi connectivity index (χ4n) is 4.16. The number of amides is 1. The quantitative estimate of drug-likeness (QED) is 0.495. The second-order valence-electron chi connectivity index (χ2n) is 8.37. The van der Waals surface area contributed by atoms with Crippen LogP contribution in [0.5, 0.6) is 11.5 Å². The molecule has 2 aliphatic heterocycles. The van der Waals surface area contributed by atoms with Gasteiger partial charge in [0.2, 0.25) is 16.8 Å². The van der Waals surface area contributed by atoms with E-state index in [1.54, 1.807) is 24.4 Å². The van der Waals surface area contributed by atoms with Gasteiger partial charge >= 0.3 is 0 Å². The van der Waals surface area contributed by atoms with Crippen LogP contribution in [-0.2, 0) is 23.1 Å². The minimum absolute atomic E-state index is 0.0882. The lowest BCUT2D eigenvalue weighted by molar-refractivity contribution is 0.0950. The molecule has 2 aliphatic rings. The Morgan fingerprint density at radius 2 is 1.86 bits per heavy atom. The molecule has 1 amide bonds. The van der Waals surface area contributed by atoms with Crippen LogP contribution in [-0.4, -0.2) is 43.5 Å². The van der Waals surface area contributed by atoms with Crippen molar-refractivity contribution in [1.29, 1.82) is 0 Å². The Kier molecular flexibility index (Phi) is 6.56. The normalized spacial score (nSPS) is 15.2. The molecule has 1 aromatic heterocycles. The molecule has 0 unspecified atom stereocenters. The molecule has 5 rings (SSSR count). The Balaban J connectivity index is 1.41. The summed E-state index contributed by atoms with van der Waals surface area (Å²) in [6, 6.07) is 15.7. The molecule has 2 aromatic carbocycles. The van der Waals surface area contributed by atoms with Gasteiger partial charge in [0, 0.05) is 42.6 Å². The van der Waals surface area contributed by atoms with Gasteiger partial charge in [-0.1, -0.05) is 18.2 Å². The van der Waals surface area contributed by atoms with Crippen LogP contribution in [0, 0.1) is 0 Å². The maximum absolute atomic E-state index is 13.3. The first-order valence-corrected chi connectivity index (χ1v) is 12.9. The summed E-state index contributed by atoms with van der Waals surface area (Å²) >= 11 is 0. The molecule has 0 aliphatic carbocycles. The van der Waals surface area contributed by atoms with Crippen molar-refractivity contribution in [2.24, 2.45) is 0 Å². The highest BCUT2D eigenvalue weighted by atomic mass is 32.2. The van der Waals surface area contributed by atoms with Gasteiger partial charge in [0.1, 0.15) is 0 Å². The first kappa shape index (κ1) is 23.1. The zero-order valence-corrected chi connectivity index (χ0v) is 19.9. The Hall–Kier alpha value is -3.63. The average molecular weight is 495 g/mol. The minimum atomic E-state index is -3.72. The standard InChI is InChI=1S/C25H26N4O5S/c30-25(28-16-20-7-1-2-9-26-20)19-12-21(14-22(13-19)35(31,32)29-10-3-4-11-29)27-15-18-6-5-8-23-24(18)34-17-33-23/h1-2,5-9,12-14,27H,3-4,10-11,15-17H2,(H,28,30). The highest BCUT2D eigenvalue weighted by Gasteiger charge is 2.28. The third-order valence-electron chi connectivity index (χ3n) is 5.99. The molecular weight excluding hydrogens is 468 g/mol. The van der Waals surface area contributed by atoms with Gasteiger partial charge in [-0.2, -0.15) is 4.31 Å². The van der Waals surface area contributed by atoms with Crippen molar-refractivity contribution in [3.63, 3.8) is 0 Å². The van der Waals surface area contributed by atoms with Gasteiger partial charge in [-0.05, 0) is 49.2 Å². The summed E-state index contributed by atoms with van der Waals surface area (Å²) in [5, 5.41) is 6.08. The lowest BCUT2D eigenvalue weighted by Gasteiger charge is -2.18. The second kappa shape index (κ2) is 9.93. The predicted molar refractivity (Wildman–Crippen MR) is 130 cm³/mol. The number of benzene rings is 2. The topological polar surface area (TPSA) is 110 Å². The number of carbonyl (C=O) groups is 1. The van der Waals surface area contributed by atoms with E-state index in [9.17, 15) is 13.2 Å². The van der Waals surface area contributed by atoms with Crippen LogP contribution in [0.1, 0.15) is 34.5 Å². The SMILES string of the molecule is O=C(NCc1ccccn1)c1cc(NCc2cccc3c2OCO3)cc(S(=O)(=O)N2CCCC2)c1. The molecule has 3 aromatic rings. The third-order valence-corrected chi connectivity index (χ3v) is 7.87. The minimum Gasteiger partial charge on any atom is -0.454 e. The molecule has 0 radical (unpaired) electrons. The van der Waals surface area contributed by atoms with Crippen LogP contribution < -0.4 is 20.1 Å². The lowest BCUT2D eigenvalue weighted by Crippen LogP contribution is -2.29. The Morgan fingerprint density at radius 3 is 2.66 bits per heavy atom. The second-order valence-corrected chi connectivity index (χ2v) is 10.3. The lowest BCUT2D eigenvalue weighted by atomic mass is 10.1. The summed E-state index contributed by atoms with van der Waals surface area (Å²) in [5.41, 5.74) is 2.35. The van der Waals surface area contributed by atoms with Crippen LogP contribution in [0.2, 0.25) is 0 Å². The summed E-state index contributed by atoms with van der Waals surface area (Å²) in [5.74, 6) is 0.952. The van der Waals surface area contributed by atoms with Crippen LogP contribution in [0.4, 0.5) is 5.69 Å². The van der Waals surface area contributed by atoms with Gasteiger partial charge in [0.15, 0.2) is 11.5 Å².